The maximum absolute atomic E-state index is 10.9. The maximum atomic E-state index is 10.9. The number of carbonyl (C=O) groups is 2. The Morgan fingerprint density at radius 2 is 2.00 bits per heavy atom. The number of carboxylic acids is 1. The topological polar surface area (TPSA) is 122 Å². The number of hydrogen-bond acceptors (Lipinski definition) is 5. The van der Waals surface area contributed by atoms with Crippen LogP contribution in [0.25, 0.3) is 0 Å². The molecule has 1 aromatic carbocycles. The van der Waals surface area contributed by atoms with Crippen LogP contribution in [0.1, 0.15) is 22.8 Å². The summed E-state index contributed by atoms with van der Waals surface area (Å²) < 4.78 is 0. The monoisotopic (exact) mass is 251 g/mol. The Labute approximate surface area is 101 Å². The van der Waals surface area contributed by atoms with Crippen molar-refractivity contribution in [3.05, 3.63) is 33.4 Å². The molecule has 0 saturated carbocycles. The number of azo groups is 1. The van der Waals surface area contributed by atoms with Crippen molar-refractivity contribution in [2.75, 3.05) is 0 Å². The highest BCUT2D eigenvalue weighted by Gasteiger charge is 2.26. The van der Waals surface area contributed by atoms with Crippen molar-refractivity contribution in [3.63, 3.8) is 0 Å². The lowest BCUT2D eigenvalue weighted by molar-refractivity contribution is -0.384. The number of hydrogen-bond donors (Lipinski definition) is 1. The highest BCUT2D eigenvalue weighted by molar-refractivity contribution is 5.95. The Hall–Kier alpha value is -2.64. The van der Waals surface area contributed by atoms with Crippen LogP contribution in [0.5, 0.6) is 0 Å². The number of nitro benzene ring substituents is 1. The molecule has 0 spiro atoms. The largest absolute Gasteiger partial charge is 0.477 e. The summed E-state index contributed by atoms with van der Waals surface area (Å²) in [5, 5.41) is 26.4. The average molecular weight is 251 g/mol. The first kappa shape index (κ1) is 13.4. The van der Waals surface area contributed by atoms with E-state index >= 15 is 0 Å². The fourth-order valence-electron chi connectivity index (χ4n) is 1.28. The quantitative estimate of drug-likeness (QED) is 0.501. The van der Waals surface area contributed by atoms with Crippen LogP contribution in [0.15, 0.2) is 22.4 Å². The summed E-state index contributed by atoms with van der Waals surface area (Å²) >= 11 is 0. The van der Waals surface area contributed by atoms with E-state index < -0.39 is 28.1 Å². The summed E-state index contributed by atoms with van der Waals surface area (Å²) in [7, 11) is 0. The molecule has 0 aliphatic heterocycles. The van der Waals surface area contributed by atoms with E-state index in [4.69, 9.17) is 5.11 Å². The van der Waals surface area contributed by atoms with Crippen molar-refractivity contribution in [2.45, 2.75) is 13.8 Å². The van der Waals surface area contributed by atoms with Gasteiger partial charge in [0.25, 0.3) is 5.91 Å². The van der Waals surface area contributed by atoms with Crippen molar-refractivity contribution in [3.8, 4) is 0 Å². The van der Waals surface area contributed by atoms with Crippen LogP contribution in [-0.2, 0) is 4.79 Å². The van der Waals surface area contributed by atoms with Crippen molar-refractivity contribution in [2.24, 2.45) is 10.2 Å². The molecule has 94 valence electrons. The van der Waals surface area contributed by atoms with Crippen molar-refractivity contribution in [1.29, 1.82) is 0 Å². The van der Waals surface area contributed by atoms with Crippen molar-refractivity contribution >= 4 is 23.3 Å². The molecule has 8 nitrogen and oxygen atoms in total. The Balaban J connectivity index is 3.56. The molecule has 0 aromatic heterocycles. The highest BCUT2D eigenvalue weighted by atomic mass is 16.6. The molecule has 0 radical (unpaired) electrons. The number of nitro groups is 1. The number of aromatic carboxylic acids is 1. The third-order valence-corrected chi connectivity index (χ3v) is 2.06. The summed E-state index contributed by atoms with van der Waals surface area (Å²) in [6, 6.07) is 2.48. The number of aryl methyl sites for hydroxylation is 1. The van der Waals surface area contributed by atoms with Gasteiger partial charge in [-0.1, -0.05) is 6.07 Å². The van der Waals surface area contributed by atoms with Gasteiger partial charge in [0.15, 0.2) is 5.69 Å². The standard InChI is InChI=1S/C10H9N3O5/c1-5-3-4-7(10(15)16)9(13(17)18)8(5)12-11-6(2)14/h3-4H,1-2H3,(H,15,16). The van der Waals surface area contributed by atoms with Gasteiger partial charge in [-0.15, -0.1) is 10.2 Å². The van der Waals surface area contributed by atoms with Gasteiger partial charge in [0.2, 0.25) is 0 Å². The second-order valence-electron chi connectivity index (χ2n) is 3.41. The van der Waals surface area contributed by atoms with E-state index in [0.29, 0.717) is 5.56 Å². The molecule has 0 unspecified atom stereocenters. The van der Waals surface area contributed by atoms with E-state index in [2.05, 4.69) is 10.2 Å². The fourth-order valence-corrected chi connectivity index (χ4v) is 1.28. The van der Waals surface area contributed by atoms with Crippen LogP contribution < -0.4 is 0 Å². The number of benzene rings is 1. The Morgan fingerprint density at radius 3 is 2.44 bits per heavy atom. The first-order chi connectivity index (χ1) is 8.34. The highest BCUT2D eigenvalue weighted by Crippen LogP contribution is 2.34. The number of carboxylic acid groups (broad SMARTS) is 1. The maximum Gasteiger partial charge on any atom is 0.342 e. The molecule has 0 bridgehead atoms. The average Bonchev–Trinajstić information content (AvgIpc) is 2.25. The molecule has 0 heterocycles. The zero-order valence-corrected chi connectivity index (χ0v) is 9.58. The molecular weight excluding hydrogens is 242 g/mol. The molecule has 1 rings (SSSR count). The molecule has 0 fully saturated rings. The zero-order valence-electron chi connectivity index (χ0n) is 9.58. The van der Waals surface area contributed by atoms with Gasteiger partial charge in [-0.05, 0) is 18.6 Å². The Morgan fingerprint density at radius 1 is 1.39 bits per heavy atom. The summed E-state index contributed by atoms with van der Waals surface area (Å²) in [5.74, 6) is -2.08. The lowest BCUT2D eigenvalue weighted by Crippen LogP contribution is -2.03. The molecule has 1 aromatic rings. The minimum Gasteiger partial charge on any atom is -0.477 e. The SMILES string of the molecule is CC(=O)N=Nc1c(C)ccc(C(=O)O)c1[N+](=O)[O-]. The number of amides is 1. The van der Waals surface area contributed by atoms with Crippen LogP contribution >= 0.6 is 0 Å². The second-order valence-corrected chi connectivity index (χ2v) is 3.41. The Kier molecular flexibility index (Phi) is 3.82. The molecule has 0 aliphatic carbocycles. The predicted molar refractivity (Wildman–Crippen MR) is 60.0 cm³/mol. The van der Waals surface area contributed by atoms with Crippen LogP contribution in [0.4, 0.5) is 11.4 Å². The first-order valence-corrected chi connectivity index (χ1v) is 4.78. The number of carbonyl (C=O) groups excluding carboxylic acids is 1. The first-order valence-electron chi connectivity index (χ1n) is 4.78. The van der Waals surface area contributed by atoms with E-state index in [9.17, 15) is 19.7 Å². The van der Waals surface area contributed by atoms with Crippen LogP contribution in [0.2, 0.25) is 0 Å². The van der Waals surface area contributed by atoms with Gasteiger partial charge in [-0.3, -0.25) is 14.9 Å². The smallest absolute Gasteiger partial charge is 0.342 e. The number of nitrogens with zero attached hydrogens (tertiary/aromatic N) is 3. The molecular formula is C10H9N3O5. The van der Waals surface area contributed by atoms with Gasteiger partial charge in [0.1, 0.15) is 5.56 Å². The summed E-state index contributed by atoms with van der Waals surface area (Å²) in [5.41, 5.74) is -1.04. The zero-order chi connectivity index (χ0) is 13.9. The van der Waals surface area contributed by atoms with Crippen molar-refractivity contribution in [1.82, 2.24) is 0 Å². The normalized spacial score (nSPS) is 10.6. The summed E-state index contributed by atoms with van der Waals surface area (Å²) in [4.78, 5) is 31.6. The van der Waals surface area contributed by atoms with Gasteiger partial charge < -0.3 is 5.11 Å². The van der Waals surface area contributed by atoms with E-state index in [-0.39, 0.29) is 5.69 Å². The molecule has 0 saturated heterocycles. The minimum atomic E-state index is -1.44. The third-order valence-electron chi connectivity index (χ3n) is 2.06. The van der Waals surface area contributed by atoms with Gasteiger partial charge >= 0.3 is 11.7 Å². The summed E-state index contributed by atoms with van der Waals surface area (Å²) in [6.45, 7) is 2.64. The van der Waals surface area contributed by atoms with Crippen molar-refractivity contribution < 1.29 is 19.6 Å². The van der Waals surface area contributed by atoms with Gasteiger partial charge in [-0.25, -0.2) is 4.79 Å². The molecule has 0 atom stereocenters. The van der Waals surface area contributed by atoms with Crippen LogP contribution in [0.3, 0.4) is 0 Å². The predicted octanol–water partition coefficient (Wildman–Crippen LogP) is 2.23. The van der Waals surface area contributed by atoms with Crippen LogP contribution in [-0.4, -0.2) is 21.9 Å². The lowest BCUT2D eigenvalue weighted by atomic mass is 10.1. The van der Waals surface area contributed by atoms with Crippen LogP contribution in [0, 0.1) is 17.0 Å². The summed E-state index contributed by atoms with van der Waals surface area (Å²) in [6.07, 6.45) is 0. The molecule has 1 N–H and O–H groups in total. The minimum absolute atomic E-state index is 0.227. The Bertz CT molecular complexity index is 565. The fraction of sp³-hybridized carbons (Fsp3) is 0.200. The van der Waals surface area contributed by atoms with E-state index in [1.54, 1.807) is 0 Å². The van der Waals surface area contributed by atoms with E-state index in [1.807, 2.05) is 0 Å². The van der Waals surface area contributed by atoms with Gasteiger partial charge in [-0.2, -0.15) is 0 Å². The lowest BCUT2D eigenvalue weighted by Gasteiger charge is -2.03. The molecule has 8 heteroatoms. The van der Waals surface area contributed by atoms with Gasteiger partial charge in [0.05, 0.1) is 4.92 Å². The van der Waals surface area contributed by atoms with E-state index in [0.717, 1.165) is 13.0 Å². The molecule has 0 aliphatic rings. The number of rotatable bonds is 3. The second kappa shape index (κ2) is 5.13. The third kappa shape index (κ3) is 2.73. The van der Waals surface area contributed by atoms with E-state index in [1.165, 1.54) is 13.0 Å². The van der Waals surface area contributed by atoms with Gasteiger partial charge in [0, 0.05) is 6.92 Å². The molecule has 18 heavy (non-hydrogen) atoms. The molecule has 1 amide bonds.